The molecule has 4 nitrogen and oxygen atoms in total. The molecule has 1 atom stereocenters. The zero-order chi connectivity index (χ0) is 6.78. The van der Waals surface area contributed by atoms with Gasteiger partial charge in [-0.1, -0.05) is 0 Å². The van der Waals surface area contributed by atoms with Crippen molar-refractivity contribution < 1.29 is 9.11 Å². The largest absolute Gasteiger partial charge is 0.326 e. The summed E-state index contributed by atoms with van der Waals surface area (Å²) < 4.78 is 17.0. The zero-order valence-corrected chi connectivity index (χ0v) is 5.56. The number of hydrogen-bond donors (Lipinski definition) is 4. The molecule has 8 heavy (non-hydrogen) atoms. The molecule has 0 aromatic carbocycles. The first kappa shape index (κ1) is 8.19. The fourth-order valence-corrected chi connectivity index (χ4v) is 1.16. The molecule has 0 heterocycles. The van der Waals surface area contributed by atoms with Crippen LogP contribution in [0.3, 0.4) is 0 Å². The van der Waals surface area contributed by atoms with E-state index in [-0.39, 0.29) is 11.8 Å². The second-order valence-corrected chi connectivity index (χ2v) is 3.63. The molecule has 52 valence electrons. The minimum atomic E-state index is -2.85. The molecule has 0 radical (unpaired) electrons. The summed E-state index contributed by atoms with van der Waals surface area (Å²) in [6.45, 7) is 1.67. The van der Waals surface area contributed by atoms with E-state index < -0.39 is 10.8 Å². The number of nitrogens with two attached hydrogens (primary N) is 2. The summed E-state index contributed by atoms with van der Waals surface area (Å²) in [6.07, 6.45) is 0. The Bertz CT molecular complexity index is 70.2. The first-order chi connectivity index (χ1) is 3.42. The minimum absolute atomic E-state index is 0.0764. The van der Waals surface area contributed by atoms with E-state index in [1.165, 1.54) is 0 Å². The van der Waals surface area contributed by atoms with Crippen molar-refractivity contribution in [3.8, 4) is 0 Å². The van der Waals surface area contributed by atoms with Crippen LogP contribution in [0.2, 0.25) is 0 Å². The van der Waals surface area contributed by atoms with Crippen molar-refractivity contribution in [3.05, 3.63) is 0 Å². The molecule has 0 fully saturated rings. The van der Waals surface area contributed by atoms with E-state index in [2.05, 4.69) is 0 Å². The van der Waals surface area contributed by atoms with Crippen molar-refractivity contribution in [1.29, 1.82) is 0 Å². The van der Waals surface area contributed by atoms with E-state index in [0.717, 1.165) is 0 Å². The Hall–Kier alpha value is 0.190. The summed E-state index contributed by atoms with van der Waals surface area (Å²) >= 11 is 0. The topological polar surface area (TPSA) is 92.5 Å². The lowest BCUT2D eigenvalue weighted by atomic mass is 10.4. The van der Waals surface area contributed by atoms with Crippen molar-refractivity contribution >= 4 is 10.8 Å². The van der Waals surface area contributed by atoms with Crippen LogP contribution in [0.4, 0.5) is 0 Å². The van der Waals surface area contributed by atoms with Gasteiger partial charge >= 0.3 is 0 Å². The van der Waals surface area contributed by atoms with E-state index in [9.17, 15) is 0 Å². The van der Waals surface area contributed by atoms with Crippen molar-refractivity contribution in [2.45, 2.75) is 13.0 Å². The summed E-state index contributed by atoms with van der Waals surface area (Å²) in [6, 6.07) is -0.245. The highest BCUT2D eigenvalue weighted by Crippen LogP contribution is 2.27. The summed E-state index contributed by atoms with van der Waals surface area (Å²) in [5, 5.41) is 4.85. The summed E-state index contributed by atoms with van der Waals surface area (Å²) in [5.74, 6) is 0.0764. The van der Waals surface area contributed by atoms with E-state index >= 15 is 0 Å². The first-order valence-corrected chi connectivity index (χ1v) is 3.99. The predicted octanol–water partition coefficient (Wildman–Crippen LogP) is -0.0421. The van der Waals surface area contributed by atoms with Gasteiger partial charge in [-0.3, -0.25) is 9.11 Å². The Labute approximate surface area is 50.3 Å². The molecule has 1 unspecified atom stereocenters. The Morgan fingerprint density at radius 3 is 2.00 bits per heavy atom. The van der Waals surface area contributed by atoms with Crippen LogP contribution in [-0.2, 0) is 0 Å². The van der Waals surface area contributed by atoms with Gasteiger partial charge in [-0.15, -0.1) is 10.8 Å². The molecule has 0 aliphatic heterocycles. The van der Waals surface area contributed by atoms with Gasteiger partial charge in [-0.05, 0) is 6.92 Å². The third-order valence-corrected chi connectivity index (χ3v) is 1.52. The molecule has 0 aliphatic carbocycles. The van der Waals surface area contributed by atoms with Crippen LogP contribution < -0.4 is 10.9 Å². The van der Waals surface area contributed by atoms with Gasteiger partial charge in [0.05, 0.1) is 5.75 Å². The Kier molecular flexibility index (Phi) is 2.72. The highest BCUT2D eigenvalue weighted by molar-refractivity contribution is 8.22. The maximum Gasteiger partial charge on any atom is 0.0674 e. The van der Waals surface area contributed by atoms with Crippen molar-refractivity contribution in [1.82, 2.24) is 0 Å². The smallest absolute Gasteiger partial charge is 0.0674 e. The molecule has 0 saturated heterocycles. The molecule has 0 spiro atoms. The van der Waals surface area contributed by atoms with Gasteiger partial charge in [0.15, 0.2) is 0 Å². The maximum absolute atomic E-state index is 8.52. The van der Waals surface area contributed by atoms with E-state index in [1.54, 1.807) is 6.92 Å². The van der Waals surface area contributed by atoms with Gasteiger partial charge in [-0.25, -0.2) is 5.14 Å². The molecule has 0 aliphatic rings. The molecule has 0 rings (SSSR count). The fraction of sp³-hybridized carbons (Fsp3) is 1.00. The Morgan fingerprint density at radius 1 is 1.62 bits per heavy atom. The first-order valence-electron chi connectivity index (χ1n) is 2.21. The van der Waals surface area contributed by atoms with E-state index in [0.29, 0.717) is 0 Å². The molecular formula is C3H12N2O2S. The van der Waals surface area contributed by atoms with Gasteiger partial charge in [0.25, 0.3) is 0 Å². The predicted molar refractivity (Wildman–Crippen MR) is 35.6 cm³/mol. The Morgan fingerprint density at radius 2 is 2.00 bits per heavy atom. The average Bonchev–Trinajstić information content (AvgIpc) is 1.21. The van der Waals surface area contributed by atoms with Crippen LogP contribution in [-0.4, -0.2) is 20.9 Å². The summed E-state index contributed by atoms with van der Waals surface area (Å²) in [5.41, 5.74) is 5.20. The second-order valence-electron chi connectivity index (χ2n) is 1.86. The number of hydrogen-bond acceptors (Lipinski definition) is 4. The normalized spacial score (nSPS) is 18.1. The van der Waals surface area contributed by atoms with Crippen LogP contribution in [0.25, 0.3) is 0 Å². The highest BCUT2D eigenvalue weighted by Gasteiger charge is 2.06. The van der Waals surface area contributed by atoms with Gasteiger partial charge in [0.1, 0.15) is 0 Å². The fourth-order valence-electron chi connectivity index (χ4n) is 0.387. The lowest BCUT2D eigenvalue weighted by Gasteiger charge is -2.27. The van der Waals surface area contributed by atoms with Crippen molar-refractivity contribution in [2.75, 3.05) is 5.75 Å². The van der Waals surface area contributed by atoms with Gasteiger partial charge in [0, 0.05) is 6.04 Å². The molecule has 6 N–H and O–H groups in total. The summed E-state index contributed by atoms with van der Waals surface area (Å²) in [4.78, 5) is 0. The van der Waals surface area contributed by atoms with Crippen molar-refractivity contribution in [3.63, 3.8) is 0 Å². The van der Waals surface area contributed by atoms with Crippen LogP contribution >= 0.6 is 10.8 Å². The number of rotatable bonds is 2. The lowest BCUT2D eigenvalue weighted by Crippen LogP contribution is -2.27. The Balaban J connectivity index is 3.39. The van der Waals surface area contributed by atoms with Crippen molar-refractivity contribution in [2.24, 2.45) is 10.9 Å². The zero-order valence-electron chi connectivity index (χ0n) is 4.74. The van der Waals surface area contributed by atoms with E-state index in [1.807, 2.05) is 0 Å². The lowest BCUT2D eigenvalue weighted by molar-refractivity contribution is 0.484. The van der Waals surface area contributed by atoms with Crippen LogP contribution in [0.5, 0.6) is 0 Å². The molecule has 0 aromatic heterocycles. The van der Waals surface area contributed by atoms with E-state index in [4.69, 9.17) is 20.0 Å². The SMILES string of the molecule is CC(N)CS(N)(O)O. The molecule has 0 saturated carbocycles. The maximum atomic E-state index is 8.52. The van der Waals surface area contributed by atoms with Crippen LogP contribution in [0.15, 0.2) is 0 Å². The second kappa shape index (κ2) is 2.65. The molecule has 0 aromatic rings. The third kappa shape index (κ3) is 6.19. The molecule has 5 heteroatoms. The monoisotopic (exact) mass is 140 g/mol. The highest BCUT2D eigenvalue weighted by atomic mass is 32.3. The molecular weight excluding hydrogens is 128 g/mol. The van der Waals surface area contributed by atoms with Gasteiger partial charge < -0.3 is 5.73 Å². The molecule has 0 bridgehead atoms. The van der Waals surface area contributed by atoms with Crippen LogP contribution in [0, 0.1) is 0 Å². The average molecular weight is 140 g/mol. The quantitative estimate of drug-likeness (QED) is 0.433. The third-order valence-electron chi connectivity index (χ3n) is 0.508. The standard InChI is InChI=1S/C3H12N2O2S/c1-3(4)2-8(5,6)7/h3,6-7H,2,4-5H2,1H3. The van der Waals surface area contributed by atoms with Crippen LogP contribution in [0.1, 0.15) is 6.92 Å². The van der Waals surface area contributed by atoms with Gasteiger partial charge in [0.2, 0.25) is 0 Å². The van der Waals surface area contributed by atoms with Gasteiger partial charge in [-0.2, -0.15) is 0 Å². The summed E-state index contributed by atoms with van der Waals surface area (Å²) in [7, 11) is -2.85. The molecule has 0 amide bonds. The minimum Gasteiger partial charge on any atom is -0.326 e.